The molecule has 2 unspecified atom stereocenters. The van der Waals surface area contributed by atoms with Crippen LogP contribution in [-0.4, -0.2) is 53.9 Å². The highest BCUT2D eigenvalue weighted by Crippen LogP contribution is 2.38. The molecule has 0 aliphatic carbocycles. The van der Waals surface area contributed by atoms with Gasteiger partial charge in [-0.15, -0.1) is 0 Å². The number of rotatable bonds is 4. The van der Waals surface area contributed by atoms with Crippen molar-refractivity contribution in [2.45, 2.75) is 19.4 Å². The first kappa shape index (κ1) is 19.0. The van der Waals surface area contributed by atoms with E-state index < -0.39 is 10.8 Å². The number of carbonyl (C=O) groups excluding carboxylic acids is 2. The Balaban J connectivity index is 1.66. The monoisotopic (exact) mass is 398 g/mol. The number of nitrogens with zero attached hydrogens (tertiary/aromatic N) is 3. The van der Waals surface area contributed by atoms with Crippen molar-refractivity contribution < 1.29 is 18.9 Å². The zero-order valence-electron chi connectivity index (χ0n) is 16.0. The first-order chi connectivity index (χ1) is 14.0. The van der Waals surface area contributed by atoms with Gasteiger partial charge >= 0.3 is 0 Å². The minimum absolute atomic E-state index is 0.0171. The predicted molar refractivity (Wildman–Crippen MR) is 105 cm³/mol. The van der Waals surface area contributed by atoms with Crippen LogP contribution in [0.15, 0.2) is 41.0 Å². The van der Waals surface area contributed by atoms with E-state index in [-0.39, 0.29) is 29.3 Å². The first-order valence-electron chi connectivity index (χ1n) is 9.64. The van der Waals surface area contributed by atoms with E-state index >= 15 is 0 Å². The molecule has 2 aromatic rings. The summed E-state index contributed by atoms with van der Waals surface area (Å²) in [6.45, 7) is 3.76. The van der Waals surface area contributed by atoms with E-state index in [1.807, 2.05) is 6.92 Å². The van der Waals surface area contributed by atoms with Crippen LogP contribution in [-0.2, 0) is 11.2 Å². The second-order valence-electron chi connectivity index (χ2n) is 7.26. The maximum atomic E-state index is 12.8. The highest BCUT2D eigenvalue weighted by atomic mass is 16.6. The van der Waals surface area contributed by atoms with Crippen LogP contribution in [0.4, 0.5) is 11.4 Å². The van der Waals surface area contributed by atoms with E-state index in [0.717, 1.165) is 11.3 Å². The minimum Gasteiger partial charge on any atom is -0.459 e. The van der Waals surface area contributed by atoms with Crippen LogP contribution in [0.3, 0.4) is 0 Å². The summed E-state index contributed by atoms with van der Waals surface area (Å²) in [5, 5.41) is 14.0. The zero-order chi connectivity index (χ0) is 20.5. The molecule has 2 aliphatic heterocycles. The smallest absolute Gasteiger partial charge is 0.289 e. The first-order valence-corrected chi connectivity index (χ1v) is 9.64. The van der Waals surface area contributed by atoms with E-state index in [9.17, 15) is 19.7 Å². The highest BCUT2D eigenvalue weighted by molar-refractivity contribution is 5.92. The molecule has 2 atom stereocenters. The van der Waals surface area contributed by atoms with Gasteiger partial charge in [0, 0.05) is 44.0 Å². The van der Waals surface area contributed by atoms with Gasteiger partial charge < -0.3 is 19.5 Å². The molecular formula is C20H22N4O5. The number of nitro groups is 1. The minimum atomic E-state index is -0.423. The quantitative estimate of drug-likeness (QED) is 0.622. The summed E-state index contributed by atoms with van der Waals surface area (Å²) in [7, 11) is 0. The third-order valence-corrected chi connectivity index (χ3v) is 5.61. The molecule has 4 rings (SSSR count). The normalized spacial score (nSPS) is 20.6. The van der Waals surface area contributed by atoms with Crippen LogP contribution >= 0.6 is 0 Å². The van der Waals surface area contributed by atoms with Crippen molar-refractivity contribution >= 4 is 23.2 Å². The number of anilines is 1. The van der Waals surface area contributed by atoms with Gasteiger partial charge in [0.1, 0.15) is 0 Å². The number of piperazine rings is 1. The van der Waals surface area contributed by atoms with Crippen molar-refractivity contribution in [1.82, 2.24) is 10.2 Å². The third-order valence-electron chi connectivity index (χ3n) is 5.61. The average Bonchev–Trinajstić information content (AvgIpc) is 3.26. The Morgan fingerprint density at radius 1 is 1.31 bits per heavy atom. The number of amides is 2. The molecule has 9 heteroatoms. The number of nitro benzene ring substituents is 1. The van der Waals surface area contributed by atoms with Gasteiger partial charge in [-0.2, -0.15) is 0 Å². The summed E-state index contributed by atoms with van der Waals surface area (Å²) in [5.41, 5.74) is 1.70. The molecule has 9 nitrogen and oxygen atoms in total. The Labute approximate surface area is 167 Å². The van der Waals surface area contributed by atoms with Crippen molar-refractivity contribution in [3.05, 3.63) is 58.0 Å². The molecule has 152 valence electrons. The number of hydrogen-bond donors (Lipinski definition) is 1. The molecule has 0 saturated carbocycles. The molecule has 3 heterocycles. The second-order valence-corrected chi connectivity index (χ2v) is 7.26. The molecular weight excluding hydrogens is 376 g/mol. The van der Waals surface area contributed by atoms with Crippen LogP contribution < -0.4 is 10.2 Å². The van der Waals surface area contributed by atoms with E-state index in [4.69, 9.17) is 4.42 Å². The maximum Gasteiger partial charge on any atom is 0.289 e. The standard InChI is InChI=1S/C20H22N4O5/c1-2-21-19(25)15-11-13-10-14(24(27)28)5-6-16(13)23-8-7-22(12-17(15)23)20(26)18-4-3-9-29-18/h3-6,9-10,15,17H,2,7-8,11-12H2,1H3,(H,21,25). The van der Waals surface area contributed by atoms with Gasteiger partial charge in [-0.25, -0.2) is 0 Å². The molecule has 2 aliphatic rings. The third kappa shape index (κ3) is 3.43. The number of furan rings is 1. The van der Waals surface area contributed by atoms with Gasteiger partial charge in [0.15, 0.2) is 5.76 Å². The molecule has 0 bridgehead atoms. The summed E-state index contributed by atoms with van der Waals surface area (Å²) in [6, 6.07) is 7.89. The summed E-state index contributed by atoms with van der Waals surface area (Å²) >= 11 is 0. The van der Waals surface area contributed by atoms with Crippen LogP contribution in [0.1, 0.15) is 23.0 Å². The van der Waals surface area contributed by atoms with Gasteiger partial charge in [0.05, 0.1) is 23.1 Å². The SMILES string of the molecule is CCNC(=O)C1Cc2cc([N+](=O)[O-])ccc2N2CCN(C(=O)c3ccco3)CC12. The Hall–Kier alpha value is -3.36. The van der Waals surface area contributed by atoms with E-state index in [0.29, 0.717) is 32.6 Å². The van der Waals surface area contributed by atoms with E-state index in [1.54, 1.807) is 29.2 Å². The number of fused-ring (bicyclic) bond motifs is 3. The summed E-state index contributed by atoms with van der Waals surface area (Å²) < 4.78 is 5.24. The molecule has 1 aromatic carbocycles. The van der Waals surface area contributed by atoms with E-state index in [1.165, 1.54) is 12.3 Å². The van der Waals surface area contributed by atoms with Crippen LogP contribution in [0, 0.1) is 16.0 Å². The summed E-state index contributed by atoms with van der Waals surface area (Å²) in [5.74, 6) is -0.428. The van der Waals surface area contributed by atoms with Crippen molar-refractivity contribution in [3.63, 3.8) is 0 Å². The molecule has 29 heavy (non-hydrogen) atoms. The van der Waals surface area contributed by atoms with E-state index in [2.05, 4.69) is 10.2 Å². The highest BCUT2D eigenvalue weighted by Gasteiger charge is 2.43. The van der Waals surface area contributed by atoms with Crippen LogP contribution in [0.2, 0.25) is 0 Å². The number of non-ortho nitro benzene ring substituents is 1. The van der Waals surface area contributed by atoms with Crippen LogP contribution in [0.25, 0.3) is 0 Å². The lowest BCUT2D eigenvalue weighted by atomic mass is 9.83. The Bertz CT molecular complexity index is 942. The molecule has 2 amide bonds. The van der Waals surface area contributed by atoms with Gasteiger partial charge in [-0.1, -0.05) is 0 Å². The van der Waals surface area contributed by atoms with Crippen molar-refractivity contribution in [3.8, 4) is 0 Å². The average molecular weight is 398 g/mol. The summed E-state index contributed by atoms with van der Waals surface area (Å²) in [6.07, 6.45) is 1.86. The largest absolute Gasteiger partial charge is 0.459 e. The lowest BCUT2D eigenvalue weighted by Crippen LogP contribution is -2.62. The maximum absolute atomic E-state index is 12.8. The number of carbonyl (C=O) groups is 2. The lowest BCUT2D eigenvalue weighted by molar-refractivity contribution is -0.384. The molecule has 0 spiro atoms. The van der Waals surface area contributed by atoms with Crippen molar-refractivity contribution in [1.29, 1.82) is 0 Å². The van der Waals surface area contributed by atoms with Gasteiger partial charge in [0.2, 0.25) is 5.91 Å². The Morgan fingerprint density at radius 2 is 2.14 bits per heavy atom. The summed E-state index contributed by atoms with van der Waals surface area (Å²) in [4.78, 5) is 40.1. The number of hydrogen-bond acceptors (Lipinski definition) is 6. The molecule has 1 aromatic heterocycles. The fourth-order valence-electron chi connectivity index (χ4n) is 4.27. The molecule has 1 saturated heterocycles. The fourth-order valence-corrected chi connectivity index (χ4v) is 4.27. The Kier molecular flexibility index (Phi) is 4.96. The van der Waals surface area contributed by atoms with Crippen LogP contribution in [0.5, 0.6) is 0 Å². The molecule has 1 fully saturated rings. The zero-order valence-corrected chi connectivity index (χ0v) is 16.0. The second kappa shape index (κ2) is 7.57. The van der Waals surface area contributed by atoms with Gasteiger partial charge in [0.25, 0.3) is 11.6 Å². The van der Waals surface area contributed by atoms with Crippen molar-refractivity contribution in [2.24, 2.45) is 5.92 Å². The topological polar surface area (TPSA) is 109 Å². The molecule has 0 radical (unpaired) electrons. The van der Waals surface area contributed by atoms with Gasteiger partial charge in [-0.05, 0) is 37.1 Å². The Morgan fingerprint density at radius 3 is 2.83 bits per heavy atom. The fraction of sp³-hybridized carbons (Fsp3) is 0.400. The lowest BCUT2D eigenvalue weighted by Gasteiger charge is -2.48. The number of nitrogens with one attached hydrogen (secondary N) is 1. The predicted octanol–water partition coefficient (Wildman–Crippen LogP) is 1.83. The van der Waals surface area contributed by atoms with Crippen molar-refractivity contribution in [2.75, 3.05) is 31.1 Å². The molecule has 1 N–H and O–H groups in total. The van der Waals surface area contributed by atoms with Gasteiger partial charge in [-0.3, -0.25) is 19.7 Å². The number of benzene rings is 1.